The molecule has 3 aromatic rings. The first kappa shape index (κ1) is 19.3. The predicted octanol–water partition coefficient (Wildman–Crippen LogP) is 4.71. The molecule has 0 aliphatic heterocycles. The lowest BCUT2D eigenvalue weighted by Gasteiger charge is -2.14. The Bertz CT molecular complexity index is 897. The summed E-state index contributed by atoms with van der Waals surface area (Å²) in [6.45, 7) is 3.05. The van der Waals surface area contributed by atoms with Gasteiger partial charge in [-0.15, -0.1) is 0 Å². The first-order valence-electron chi connectivity index (χ1n) is 9.27. The summed E-state index contributed by atoms with van der Waals surface area (Å²) in [5, 5.41) is 6.02. The molecule has 0 aromatic heterocycles. The summed E-state index contributed by atoms with van der Waals surface area (Å²) in [6, 6.07) is 24.9. The Morgan fingerprint density at radius 2 is 1.39 bits per heavy atom. The van der Waals surface area contributed by atoms with Crippen molar-refractivity contribution in [1.82, 2.24) is 0 Å². The molecule has 5 nitrogen and oxygen atoms in total. The van der Waals surface area contributed by atoms with E-state index in [2.05, 4.69) is 10.6 Å². The van der Waals surface area contributed by atoms with Gasteiger partial charge in [0.2, 0.25) is 5.91 Å². The van der Waals surface area contributed by atoms with Gasteiger partial charge < -0.3 is 20.1 Å². The summed E-state index contributed by atoms with van der Waals surface area (Å²) in [5.74, 6) is 1.20. The zero-order valence-electron chi connectivity index (χ0n) is 15.9. The van der Waals surface area contributed by atoms with E-state index >= 15 is 0 Å². The molecule has 0 atom stereocenters. The molecule has 28 heavy (non-hydrogen) atoms. The van der Waals surface area contributed by atoms with Gasteiger partial charge in [-0.2, -0.15) is 0 Å². The number of carbonyl (C=O) groups is 1. The Morgan fingerprint density at radius 1 is 0.786 bits per heavy atom. The summed E-state index contributed by atoms with van der Waals surface area (Å²) in [7, 11) is 0. The topological polar surface area (TPSA) is 59.6 Å². The fourth-order valence-electron chi connectivity index (χ4n) is 2.70. The molecular weight excluding hydrogens is 352 g/mol. The highest BCUT2D eigenvalue weighted by Gasteiger charge is 2.09. The highest BCUT2D eigenvalue weighted by molar-refractivity contribution is 5.95. The van der Waals surface area contributed by atoms with Crippen LogP contribution < -0.4 is 20.1 Å². The second kappa shape index (κ2) is 10.0. The molecular formula is C23H24N2O3. The molecule has 0 unspecified atom stereocenters. The van der Waals surface area contributed by atoms with Crippen molar-refractivity contribution >= 4 is 17.3 Å². The van der Waals surface area contributed by atoms with E-state index in [1.807, 2.05) is 85.8 Å². The van der Waals surface area contributed by atoms with Gasteiger partial charge in [0.15, 0.2) is 0 Å². The number of hydrogen-bond donors (Lipinski definition) is 2. The van der Waals surface area contributed by atoms with Crippen molar-refractivity contribution in [1.29, 1.82) is 0 Å². The van der Waals surface area contributed by atoms with E-state index in [1.165, 1.54) is 0 Å². The van der Waals surface area contributed by atoms with Gasteiger partial charge in [0, 0.05) is 0 Å². The fourth-order valence-corrected chi connectivity index (χ4v) is 2.70. The van der Waals surface area contributed by atoms with E-state index in [9.17, 15) is 4.79 Å². The molecule has 0 radical (unpaired) electrons. The normalized spacial score (nSPS) is 10.2. The van der Waals surface area contributed by atoms with E-state index < -0.39 is 0 Å². The molecule has 144 valence electrons. The standard InChI is InChI=1S/C23H24N2O3/c1-2-27-21-14-8-6-12-19(21)24-16-23(26)25-20-13-7-9-15-22(20)28-17-18-10-4-3-5-11-18/h3-15,24H,2,16-17H2,1H3,(H,25,26). The summed E-state index contributed by atoms with van der Waals surface area (Å²) in [4.78, 5) is 12.4. The van der Waals surface area contributed by atoms with Gasteiger partial charge in [0.25, 0.3) is 0 Å². The Labute approximate surface area is 165 Å². The van der Waals surface area contributed by atoms with Crippen LogP contribution in [0.4, 0.5) is 11.4 Å². The molecule has 0 aliphatic rings. The second-order valence-electron chi connectivity index (χ2n) is 6.10. The van der Waals surface area contributed by atoms with Gasteiger partial charge in [-0.25, -0.2) is 0 Å². The lowest BCUT2D eigenvalue weighted by molar-refractivity contribution is -0.114. The predicted molar refractivity (Wildman–Crippen MR) is 112 cm³/mol. The molecule has 0 saturated carbocycles. The molecule has 1 amide bonds. The second-order valence-corrected chi connectivity index (χ2v) is 6.10. The summed E-state index contributed by atoms with van der Waals surface area (Å²) < 4.78 is 11.4. The number of carbonyl (C=O) groups excluding carboxylic acids is 1. The maximum absolute atomic E-state index is 12.4. The van der Waals surface area contributed by atoms with Crippen molar-refractivity contribution in [3.8, 4) is 11.5 Å². The van der Waals surface area contributed by atoms with Gasteiger partial charge in [-0.05, 0) is 36.8 Å². The number of ether oxygens (including phenoxy) is 2. The van der Waals surface area contributed by atoms with Crippen molar-refractivity contribution in [2.45, 2.75) is 13.5 Å². The highest BCUT2D eigenvalue weighted by atomic mass is 16.5. The van der Waals surface area contributed by atoms with E-state index in [0.29, 0.717) is 24.7 Å². The maximum Gasteiger partial charge on any atom is 0.243 e. The van der Waals surface area contributed by atoms with Crippen LogP contribution in [0.2, 0.25) is 0 Å². The molecule has 2 N–H and O–H groups in total. The van der Waals surface area contributed by atoms with E-state index in [0.717, 1.165) is 17.0 Å². The molecule has 0 bridgehead atoms. The maximum atomic E-state index is 12.4. The van der Waals surface area contributed by atoms with Crippen LogP contribution in [0.1, 0.15) is 12.5 Å². The van der Waals surface area contributed by atoms with Gasteiger partial charge in [0.05, 0.1) is 24.5 Å². The molecule has 0 fully saturated rings. The fraction of sp³-hybridized carbons (Fsp3) is 0.174. The van der Waals surface area contributed by atoms with E-state index in [-0.39, 0.29) is 12.5 Å². The molecule has 3 rings (SSSR count). The Hall–Kier alpha value is -3.47. The number of amides is 1. The first-order chi connectivity index (χ1) is 13.8. The van der Waals surface area contributed by atoms with Crippen LogP contribution in [-0.2, 0) is 11.4 Å². The number of para-hydroxylation sites is 4. The average molecular weight is 376 g/mol. The minimum absolute atomic E-state index is 0.122. The van der Waals surface area contributed by atoms with Crippen LogP contribution in [0.3, 0.4) is 0 Å². The Kier molecular flexibility index (Phi) is 6.90. The molecule has 0 saturated heterocycles. The van der Waals surface area contributed by atoms with Crippen LogP contribution in [0, 0.1) is 0 Å². The van der Waals surface area contributed by atoms with Crippen LogP contribution in [0.15, 0.2) is 78.9 Å². The van der Waals surface area contributed by atoms with Crippen molar-refractivity contribution in [2.24, 2.45) is 0 Å². The van der Waals surface area contributed by atoms with Crippen LogP contribution >= 0.6 is 0 Å². The first-order valence-corrected chi connectivity index (χ1v) is 9.27. The summed E-state index contributed by atoms with van der Waals surface area (Å²) in [6.07, 6.45) is 0. The minimum Gasteiger partial charge on any atom is -0.492 e. The number of anilines is 2. The Morgan fingerprint density at radius 3 is 2.11 bits per heavy atom. The lowest BCUT2D eigenvalue weighted by atomic mass is 10.2. The third-order valence-corrected chi connectivity index (χ3v) is 4.02. The summed E-state index contributed by atoms with van der Waals surface area (Å²) >= 11 is 0. The van der Waals surface area contributed by atoms with Crippen LogP contribution in [0.5, 0.6) is 11.5 Å². The molecule has 3 aromatic carbocycles. The number of hydrogen-bond acceptors (Lipinski definition) is 4. The minimum atomic E-state index is -0.165. The van der Waals surface area contributed by atoms with Gasteiger partial charge in [-0.3, -0.25) is 4.79 Å². The van der Waals surface area contributed by atoms with Crippen molar-refractivity contribution in [3.63, 3.8) is 0 Å². The van der Waals surface area contributed by atoms with Crippen LogP contribution in [-0.4, -0.2) is 19.1 Å². The SMILES string of the molecule is CCOc1ccccc1NCC(=O)Nc1ccccc1OCc1ccccc1. The van der Waals surface area contributed by atoms with Gasteiger partial charge in [-0.1, -0.05) is 54.6 Å². The summed E-state index contributed by atoms with van der Waals surface area (Å²) in [5.41, 5.74) is 2.49. The van der Waals surface area contributed by atoms with Gasteiger partial charge in [0.1, 0.15) is 18.1 Å². The van der Waals surface area contributed by atoms with E-state index in [1.54, 1.807) is 0 Å². The zero-order chi connectivity index (χ0) is 19.6. The largest absolute Gasteiger partial charge is 0.492 e. The lowest BCUT2D eigenvalue weighted by Crippen LogP contribution is -2.22. The molecule has 0 aliphatic carbocycles. The van der Waals surface area contributed by atoms with Crippen molar-refractivity contribution < 1.29 is 14.3 Å². The average Bonchev–Trinajstić information content (AvgIpc) is 2.73. The molecule has 0 spiro atoms. The quantitative estimate of drug-likeness (QED) is 0.568. The number of nitrogens with one attached hydrogen (secondary N) is 2. The third kappa shape index (κ3) is 5.51. The van der Waals surface area contributed by atoms with Gasteiger partial charge >= 0.3 is 0 Å². The number of benzene rings is 3. The molecule has 0 heterocycles. The van der Waals surface area contributed by atoms with Crippen LogP contribution in [0.25, 0.3) is 0 Å². The highest BCUT2D eigenvalue weighted by Crippen LogP contribution is 2.26. The van der Waals surface area contributed by atoms with E-state index in [4.69, 9.17) is 9.47 Å². The molecule has 5 heteroatoms. The number of rotatable bonds is 9. The smallest absolute Gasteiger partial charge is 0.243 e. The third-order valence-electron chi connectivity index (χ3n) is 4.02. The zero-order valence-corrected chi connectivity index (χ0v) is 15.9. The Balaban J connectivity index is 1.58. The monoisotopic (exact) mass is 376 g/mol. The van der Waals surface area contributed by atoms with Crippen molar-refractivity contribution in [2.75, 3.05) is 23.8 Å². The van der Waals surface area contributed by atoms with Crippen molar-refractivity contribution in [3.05, 3.63) is 84.4 Å².